The number of aromatic nitrogens is 2. The van der Waals surface area contributed by atoms with Crippen molar-refractivity contribution in [2.45, 2.75) is 13.5 Å². The molecule has 0 aliphatic rings. The summed E-state index contributed by atoms with van der Waals surface area (Å²) >= 11 is 1.54. The highest BCUT2D eigenvalue weighted by molar-refractivity contribution is 7.09. The van der Waals surface area contributed by atoms with Crippen LogP contribution in [-0.2, 0) is 6.54 Å². The number of nitrogens with zero attached hydrogens (tertiary/aromatic N) is 2. The third kappa shape index (κ3) is 3.79. The van der Waals surface area contributed by atoms with Crippen molar-refractivity contribution < 1.29 is 13.6 Å². The number of benzene rings is 1. The molecule has 3 heterocycles. The molecule has 0 aliphatic carbocycles. The van der Waals surface area contributed by atoms with Crippen LogP contribution in [0, 0.1) is 18.6 Å². The van der Waals surface area contributed by atoms with Crippen LogP contribution >= 0.6 is 11.3 Å². The zero-order valence-corrected chi connectivity index (χ0v) is 16.1. The number of carbonyl (C=O) groups excluding carboxylic acids is 1. The van der Waals surface area contributed by atoms with Crippen molar-refractivity contribution in [3.63, 3.8) is 0 Å². The van der Waals surface area contributed by atoms with E-state index in [9.17, 15) is 18.4 Å². The summed E-state index contributed by atoms with van der Waals surface area (Å²) in [5.74, 6) is -2.26. The molecule has 0 fully saturated rings. The largest absolute Gasteiger partial charge is 0.319 e. The molecule has 0 atom stereocenters. The first-order chi connectivity index (χ1) is 13.9. The number of amides is 1. The number of carbonyl (C=O) groups is 1. The van der Waals surface area contributed by atoms with Gasteiger partial charge in [-0.05, 0) is 42.6 Å². The van der Waals surface area contributed by atoms with Gasteiger partial charge in [0.1, 0.15) is 11.6 Å². The predicted octanol–water partition coefficient (Wildman–Crippen LogP) is 4.35. The van der Waals surface area contributed by atoms with Crippen molar-refractivity contribution in [3.05, 3.63) is 92.2 Å². The van der Waals surface area contributed by atoms with E-state index in [1.54, 1.807) is 35.1 Å². The van der Waals surface area contributed by atoms with Gasteiger partial charge in [0, 0.05) is 17.1 Å². The molecule has 8 heteroatoms. The van der Waals surface area contributed by atoms with E-state index in [2.05, 4.69) is 10.3 Å². The van der Waals surface area contributed by atoms with Gasteiger partial charge in [-0.1, -0.05) is 6.07 Å². The fourth-order valence-corrected chi connectivity index (χ4v) is 3.71. The van der Waals surface area contributed by atoms with E-state index in [0.717, 1.165) is 17.0 Å². The van der Waals surface area contributed by atoms with Crippen LogP contribution in [0.4, 0.5) is 14.5 Å². The average Bonchev–Trinajstić information content (AvgIpc) is 3.19. The molecule has 29 heavy (non-hydrogen) atoms. The Balaban J connectivity index is 1.72. The second-order valence-corrected chi connectivity index (χ2v) is 7.49. The van der Waals surface area contributed by atoms with Crippen LogP contribution in [0.2, 0.25) is 0 Å². The molecule has 5 nitrogen and oxygen atoms in total. The van der Waals surface area contributed by atoms with E-state index < -0.39 is 17.5 Å². The van der Waals surface area contributed by atoms with Crippen LogP contribution in [0.25, 0.3) is 10.9 Å². The molecule has 3 aromatic heterocycles. The van der Waals surface area contributed by atoms with Gasteiger partial charge < -0.3 is 9.88 Å². The third-order valence-corrected chi connectivity index (χ3v) is 5.34. The van der Waals surface area contributed by atoms with Crippen molar-refractivity contribution in [3.8, 4) is 0 Å². The fraction of sp³-hybridized carbons (Fsp3) is 0.0952. The summed E-state index contributed by atoms with van der Waals surface area (Å²) in [4.78, 5) is 30.9. The minimum Gasteiger partial charge on any atom is -0.319 e. The lowest BCUT2D eigenvalue weighted by atomic mass is 10.1. The number of aryl methyl sites for hydroxylation is 1. The van der Waals surface area contributed by atoms with Crippen LogP contribution in [0.15, 0.2) is 58.8 Å². The van der Waals surface area contributed by atoms with Gasteiger partial charge in [-0.3, -0.25) is 14.6 Å². The molecule has 0 bridgehead atoms. The molecule has 4 rings (SSSR count). The standard InChI is InChI=1S/C21H15F2N3O2S/c1-12-15(20(27)25-19-5-4-13(22)9-17(19)23)10-16-18(24-12)6-7-26(21(16)28)11-14-3-2-8-29-14/h2-10H,11H2,1H3,(H,25,27). The minimum atomic E-state index is -0.886. The quantitative estimate of drug-likeness (QED) is 0.543. The number of halogens is 2. The molecular formula is C21H15F2N3O2S. The fourth-order valence-electron chi connectivity index (χ4n) is 3.01. The number of nitrogens with one attached hydrogen (secondary N) is 1. The number of hydrogen-bond donors (Lipinski definition) is 1. The first-order valence-corrected chi connectivity index (χ1v) is 9.60. The smallest absolute Gasteiger partial charge is 0.260 e. The lowest BCUT2D eigenvalue weighted by Gasteiger charge is -2.11. The highest BCUT2D eigenvalue weighted by atomic mass is 32.1. The van der Waals surface area contributed by atoms with E-state index in [0.29, 0.717) is 29.2 Å². The highest BCUT2D eigenvalue weighted by Crippen LogP contribution is 2.19. The Morgan fingerprint density at radius 3 is 2.76 bits per heavy atom. The highest BCUT2D eigenvalue weighted by Gasteiger charge is 2.16. The van der Waals surface area contributed by atoms with Crippen LogP contribution in [0.5, 0.6) is 0 Å². The van der Waals surface area contributed by atoms with E-state index in [1.165, 1.54) is 6.07 Å². The summed E-state index contributed by atoms with van der Waals surface area (Å²) in [7, 11) is 0. The molecule has 4 aromatic rings. The van der Waals surface area contributed by atoms with Crippen molar-refractivity contribution in [1.29, 1.82) is 0 Å². The normalized spacial score (nSPS) is 11.0. The number of thiophene rings is 1. The van der Waals surface area contributed by atoms with Crippen LogP contribution in [0.3, 0.4) is 0 Å². The summed E-state index contributed by atoms with van der Waals surface area (Å²) in [6.07, 6.45) is 1.67. The first-order valence-electron chi connectivity index (χ1n) is 8.72. The summed E-state index contributed by atoms with van der Waals surface area (Å²) in [5, 5.41) is 4.63. The lowest BCUT2D eigenvalue weighted by Crippen LogP contribution is -2.21. The molecule has 1 amide bonds. The SMILES string of the molecule is Cc1nc2ccn(Cc3cccs3)c(=O)c2cc1C(=O)Nc1ccc(F)cc1F. The van der Waals surface area contributed by atoms with Crippen LogP contribution in [-0.4, -0.2) is 15.5 Å². The maximum Gasteiger partial charge on any atom is 0.260 e. The molecule has 1 aromatic carbocycles. The van der Waals surface area contributed by atoms with Gasteiger partial charge in [0.15, 0.2) is 0 Å². The monoisotopic (exact) mass is 411 g/mol. The Bertz CT molecular complexity index is 1280. The van der Waals surface area contributed by atoms with E-state index >= 15 is 0 Å². The van der Waals surface area contributed by atoms with Gasteiger partial charge in [0.2, 0.25) is 0 Å². The molecular weight excluding hydrogens is 396 g/mol. The molecule has 146 valence electrons. The van der Waals surface area contributed by atoms with Crippen molar-refractivity contribution in [1.82, 2.24) is 9.55 Å². The number of hydrogen-bond acceptors (Lipinski definition) is 4. The van der Waals surface area contributed by atoms with Gasteiger partial charge >= 0.3 is 0 Å². The molecule has 1 N–H and O–H groups in total. The van der Waals surface area contributed by atoms with Crippen LogP contribution in [0.1, 0.15) is 20.9 Å². The maximum absolute atomic E-state index is 13.9. The molecule has 0 unspecified atom stereocenters. The topological polar surface area (TPSA) is 64.0 Å². The van der Waals surface area contributed by atoms with Gasteiger partial charge in [-0.15, -0.1) is 11.3 Å². The van der Waals surface area contributed by atoms with Crippen molar-refractivity contribution in [2.24, 2.45) is 0 Å². The van der Waals surface area contributed by atoms with Crippen LogP contribution < -0.4 is 10.9 Å². The average molecular weight is 411 g/mol. The zero-order chi connectivity index (χ0) is 20.5. The Kier molecular flexibility index (Phi) is 4.94. The molecule has 0 spiro atoms. The summed E-state index contributed by atoms with van der Waals surface area (Å²) in [5.41, 5.74) is 0.587. The second kappa shape index (κ2) is 7.56. The summed E-state index contributed by atoms with van der Waals surface area (Å²) in [6.45, 7) is 2.05. The minimum absolute atomic E-state index is 0.146. The summed E-state index contributed by atoms with van der Waals surface area (Å²) in [6, 6.07) is 9.90. The summed E-state index contributed by atoms with van der Waals surface area (Å²) < 4.78 is 28.5. The number of pyridine rings is 2. The van der Waals surface area contributed by atoms with Gasteiger partial charge in [0.25, 0.3) is 11.5 Å². The number of rotatable bonds is 4. The number of anilines is 1. The molecule has 0 aliphatic heterocycles. The molecule has 0 saturated heterocycles. The van der Waals surface area contributed by atoms with E-state index in [-0.39, 0.29) is 16.8 Å². The van der Waals surface area contributed by atoms with Gasteiger partial charge in [-0.2, -0.15) is 0 Å². The third-order valence-electron chi connectivity index (χ3n) is 4.48. The first kappa shape index (κ1) is 18.9. The Hall–Kier alpha value is -3.39. The zero-order valence-electron chi connectivity index (χ0n) is 15.3. The van der Waals surface area contributed by atoms with Crippen molar-refractivity contribution in [2.75, 3.05) is 5.32 Å². The number of fused-ring (bicyclic) bond motifs is 1. The molecule has 0 radical (unpaired) electrons. The Morgan fingerprint density at radius 2 is 2.03 bits per heavy atom. The van der Waals surface area contributed by atoms with Gasteiger partial charge in [-0.25, -0.2) is 8.78 Å². The van der Waals surface area contributed by atoms with Gasteiger partial charge in [0.05, 0.1) is 34.4 Å². The second-order valence-electron chi connectivity index (χ2n) is 6.46. The Morgan fingerprint density at radius 1 is 1.21 bits per heavy atom. The maximum atomic E-state index is 13.9. The van der Waals surface area contributed by atoms with E-state index in [4.69, 9.17) is 0 Å². The Labute approximate surface area is 168 Å². The molecule has 0 saturated carbocycles. The van der Waals surface area contributed by atoms with E-state index in [1.807, 2.05) is 17.5 Å². The van der Waals surface area contributed by atoms with Crippen molar-refractivity contribution >= 4 is 33.8 Å². The lowest BCUT2D eigenvalue weighted by molar-refractivity contribution is 0.102. The predicted molar refractivity (Wildman–Crippen MR) is 108 cm³/mol.